The van der Waals surface area contributed by atoms with Crippen molar-refractivity contribution < 1.29 is 18.3 Å². The monoisotopic (exact) mass is 618 g/mol. The third-order valence-corrected chi connectivity index (χ3v) is 13.0. The molecule has 4 aromatic rings. The smallest absolute Gasteiger partial charge is 0.247 e. The van der Waals surface area contributed by atoms with Crippen molar-refractivity contribution in [3.05, 3.63) is 94.1 Å². The highest BCUT2D eigenvalue weighted by Crippen LogP contribution is 2.40. The number of hydrogen-bond donors (Lipinski definition) is 1. The van der Waals surface area contributed by atoms with Crippen LogP contribution >= 0.6 is 11.6 Å². The molecule has 10 heteroatoms. The Labute approximate surface area is 260 Å². The Morgan fingerprint density at radius 2 is 1.65 bits per heavy atom. The molecule has 3 aromatic carbocycles. The maximum Gasteiger partial charge on any atom is 0.247 e. The summed E-state index contributed by atoms with van der Waals surface area (Å²) in [6.45, 7) is 22.8. The minimum absolute atomic E-state index is 0.0134. The standard InChI is InChI=1S/C33H39ClN4O4Si/c1-21-27(18-19-28(35-6)29(21)34)36-30(22(2)42-43(8,9)33(3,4)5)32-38-37-31(41-32)24-12-16-26(17-13-24)40-20-23-10-14-25(39-7)15-11-23/h10-19,22,30,36H,20H2,1-5,7-9H3/t22-,30+/m0/s1. The Hall–Kier alpha value is -3.84. The Kier molecular flexibility index (Phi) is 9.85. The van der Waals surface area contributed by atoms with E-state index < -0.39 is 14.4 Å². The van der Waals surface area contributed by atoms with Crippen LogP contribution in [-0.2, 0) is 11.0 Å². The number of methoxy groups -OCH3 is 1. The molecule has 226 valence electrons. The second-order valence-electron chi connectivity index (χ2n) is 12.0. The molecule has 0 fully saturated rings. The normalized spacial score (nSPS) is 13.2. The zero-order valence-corrected chi connectivity index (χ0v) is 27.7. The second-order valence-corrected chi connectivity index (χ2v) is 17.1. The summed E-state index contributed by atoms with van der Waals surface area (Å²) in [5.74, 6) is 2.32. The molecule has 8 nitrogen and oxygen atoms in total. The van der Waals surface area contributed by atoms with Gasteiger partial charge in [-0.1, -0.05) is 50.6 Å². The van der Waals surface area contributed by atoms with Crippen LogP contribution in [0.25, 0.3) is 16.3 Å². The Morgan fingerprint density at radius 3 is 2.26 bits per heavy atom. The molecule has 1 aromatic heterocycles. The van der Waals surface area contributed by atoms with Crippen LogP contribution in [0.2, 0.25) is 23.2 Å². The van der Waals surface area contributed by atoms with Crippen LogP contribution in [0.1, 0.15) is 50.8 Å². The third-order valence-electron chi connectivity index (χ3n) is 7.93. The van der Waals surface area contributed by atoms with Crippen LogP contribution in [0.3, 0.4) is 0 Å². The summed E-state index contributed by atoms with van der Waals surface area (Å²) in [5.41, 5.74) is 3.76. The fraction of sp³-hybridized carbons (Fsp3) is 0.364. The van der Waals surface area contributed by atoms with Crippen molar-refractivity contribution in [2.24, 2.45) is 0 Å². The molecule has 0 aliphatic rings. The van der Waals surface area contributed by atoms with Gasteiger partial charge in [0.15, 0.2) is 8.32 Å². The zero-order chi connectivity index (χ0) is 31.4. The van der Waals surface area contributed by atoms with Crippen LogP contribution in [0.4, 0.5) is 11.4 Å². The van der Waals surface area contributed by atoms with Crippen molar-refractivity contribution >= 4 is 31.3 Å². The Bertz CT molecular complexity index is 1570. The number of nitrogens with one attached hydrogen (secondary N) is 1. The van der Waals surface area contributed by atoms with Crippen molar-refractivity contribution in [2.75, 3.05) is 12.4 Å². The summed E-state index contributed by atoms with van der Waals surface area (Å²) in [4.78, 5) is 3.51. The van der Waals surface area contributed by atoms with Gasteiger partial charge >= 0.3 is 0 Å². The minimum Gasteiger partial charge on any atom is -0.497 e. The van der Waals surface area contributed by atoms with Gasteiger partial charge in [-0.2, -0.15) is 0 Å². The number of aromatic nitrogens is 2. The molecule has 2 atom stereocenters. The topological polar surface area (TPSA) is 83.0 Å². The van der Waals surface area contributed by atoms with Gasteiger partial charge in [0.25, 0.3) is 0 Å². The van der Waals surface area contributed by atoms with Gasteiger partial charge in [-0.25, -0.2) is 4.85 Å². The predicted octanol–water partition coefficient (Wildman–Crippen LogP) is 9.40. The molecule has 0 saturated heterocycles. The summed E-state index contributed by atoms with van der Waals surface area (Å²) in [7, 11) is -0.491. The van der Waals surface area contributed by atoms with Crippen molar-refractivity contribution in [1.82, 2.24) is 10.2 Å². The van der Waals surface area contributed by atoms with Crippen LogP contribution in [-0.4, -0.2) is 31.7 Å². The van der Waals surface area contributed by atoms with E-state index in [1.54, 1.807) is 13.2 Å². The SMILES string of the molecule is [C-]#[N+]c1ccc(N[C@@H](c2nnc(-c3ccc(OCc4ccc(OC)cc4)cc3)o2)[C@H](C)O[Si](C)(C)C(C)(C)C)c(C)c1Cl. The van der Waals surface area contributed by atoms with E-state index in [1.807, 2.05) is 68.4 Å². The van der Waals surface area contributed by atoms with Crippen LogP contribution < -0.4 is 14.8 Å². The van der Waals surface area contributed by atoms with Gasteiger partial charge in [0.1, 0.15) is 24.1 Å². The molecule has 0 aliphatic carbocycles. The van der Waals surface area contributed by atoms with E-state index in [2.05, 4.69) is 54.2 Å². The number of benzene rings is 3. The molecular weight excluding hydrogens is 580 g/mol. The fourth-order valence-electron chi connectivity index (χ4n) is 4.23. The Morgan fingerprint density at radius 1 is 1.00 bits per heavy atom. The molecule has 0 unspecified atom stereocenters. The predicted molar refractivity (Wildman–Crippen MR) is 174 cm³/mol. The van der Waals surface area contributed by atoms with Gasteiger partial charge in [0.2, 0.25) is 17.5 Å². The first-order chi connectivity index (χ1) is 20.3. The molecule has 0 radical (unpaired) electrons. The minimum atomic E-state index is -2.14. The number of ether oxygens (including phenoxy) is 2. The first-order valence-corrected chi connectivity index (χ1v) is 17.4. The lowest BCUT2D eigenvalue weighted by molar-refractivity contribution is 0.166. The first-order valence-electron chi connectivity index (χ1n) is 14.1. The molecule has 0 aliphatic heterocycles. The van der Waals surface area contributed by atoms with E-state index in [1.165, 1.54) is 0 Å². The molecule has 1 heterocycles. The quantitative estimate of drug-likeness (QED) is 0.132. The van der Waals surface area contributed by atoms with E-state index in [0.717, 1.165) is 33.9 Å². The highest BCUT2D eigenvalue weighted by atomic mass is 35.5. The van der Waals surface area contributed by atoms with Gasteiger partial charge in [0.05, 0.1) is 24.8 Å². The maximum atomic E-state index is 7.39. The average molecular weight is 619 g/mol. The van der Waals surface area contributed by atoms with Gasteiger partial charge in [0, 0.05) is 11.3 Å². The molecular formula is C33H39ClN4O4Si. The van der Waals surface area contributed by atoms with E-state index in [0.29, 0.717) is 29.1 Å². The molecule has 0 amide bonds. The molecule has 0 spiro atoms. The van der Waals surface area contributed by atoms with Crippen molar-refractivity contribution in [3.63, 3.8) is 0 Å². The van der Waals surface area contributed by atoms with Crippen LogP contribution in [0, 0.1) is 13.5 Å². The summed E-state index contributed by atoms with van der Waals surface area (Å²) in [6.07, 6.45) is -0.304. The van der Waals surface area contributed by atoms with Crippen molar-refractivity contribution in [3.8, 4) is 23.0 Å². The summed E-state index contributed by atoms with van der Waals surface area (Å²) in [6, 6.07) is 18.4. The van der Waals surface area contributed by atoms with E-state index in [9.17, 15) is 0 Å². The van der Waals surface area contributed by atoms with E-state index >= 15 is 0 Å². The lowest BCUT2D eigenvalue weighted by Crippen LogP contribution is -2.45. The van der Waals surface area contributed by atoms with Gasteiger partial charge in [-0.15, -0.1) is 10.2 Å². The summed E-state index contributed by atoms with van der Waals surface area (Å²) in [5, 5.41) is 12.8. The number of halogens is 1. The number of hydrogen-bond acceptors (Lipinski definition) is 7. The summed E-state index contributed by atoms with van der Waals surface area (Å²) >= 11 is 6.50. The highest BCUT2D eigenvalue weighted by molar-refractivity contribution is 6.74. The van der Waals surface area contributed by atoms with Gasteiger partial charge in [-0.3, -0.25) is 0 Å². The molecule has 0 saturated carbocycles. The number of rotatable bonds is 11. The highest BCUT2D eigenvalue weighted by Gasteiger charge is 2.41. The van der Waals surface area contributed by atoms with Gasteiger partial charge in [-0.05, 0) is 85.6 Å². The largest absolute Gasteiger partial charge is 0.497 e. The third kappa shape index (κ3) is 7.57. The van der Waals surface area contributed by atoms with Crippen molar-refractivity contribution in [2.45, 2.75) is 71.5 Å². The second kappa shape index (κ2) is 13.2. The molecule has 0 bridgehead atoms. The van der Waals surface area contributed by atoms with Crippen molar-refractivity contribution in [1.29, 1.82) is 0 Å². The lowest BCUT2D eigenvalue weighted by atomic mass is 10.1. The Balaban J connectivity index is 1.56. The van der Waals surface area contributed by atoms with E-state index in [-0.39, 0.29) is 11.1 Å². The lowest BCUT2D eigenvalue weighted by Gasteiger charge is -2.40. The number of anilines is 1. The first kappa shape index (κ1) is 32.1. The average Bonchev–Trinajstić information content (AvgIpc) is 3.46. The van der Waals surface area contributed by atoms with Crippen LogP contribution in [0.5, 0.6) is 11.5 Å². The molecule has 43 heavy (non-hydrogen) atoms. The summed E-state index contributed by atoms with van der Waals surface area (Å²) < 4.78 is 24.2. The van der Waals surface area contributed by atoms with Gasteiger partial charge < -0.3 is 23.6 Å². The molecule has 1 N–H and O–H groups in total. The zero-order valence-electron chi connectivity index (χ0n) is 26.0. The number of nitrogens with zero attached hydrogens (tertiary/aromatic N) is 3. The fourth-order valence-corrected chi connectivity index (χ4v) is 5.86. The van der Waals surface area contributed by atoms with E-state index in [4.69, 9.17) is 36.5 Å². The molecule has 4 rings (SSSR count). The van der Waals surface area contributed by atoms with Crippen LogP contribution in [0.15, 0.2) is 65.1 Å². The maximum absolute atomic E-state index is 7.39.